The van der Waals surface area contributed by atoms with Crippen molar-refractivity contribution in [1.29, 1.82) is 0 Å². The molecule has 1 fully saturated rings. The molecule has 3 nitrogen and oxygen atoms in total. The molecule has 1 aliphatic rings. The topological polar surface area (TPSA) is 29.5 Å². The van der Waals surface area contributed by atoms with Crippen LogP contribution in [-0.2, 0) is 6.42 Å². The van der Waals surface area contributed by atoms with Gasteiger partial charge in [-0.3, -0.25) is 4.79 Å². The van der Waals surface area contributed by atoms with Crippen molar-refractivity contribution in [3.05, 3.63) is 65.2 Å². The molecule has 2 aromatic carbocycles. The molecule has 1 saturated heterocycles. The number of hydrogen-bond acceptors (Lipinski definition) is 2. The average Bonchev–Trinajstić information content (AvgIpc) is 2.67. The van der Waals surface area contributed by atoms with Crippen molar-refractivity contribution in [2.24, 2.45) is 5.92 Å². The van der Waals surface area contributed by atoms with E-state index >= 15 is 0 Å². The molecule has 138 valence electrons. The van der Waals surface area contributed by atoms with E-state index in [0.717, 1.165) is 31.2 Å². The summed E-state index contributed by atoms with van der Waals surface area (Å²) in [4.78, 5) is 14.6. The van der Waals surface area contributed by atoms with Crippen LogP contribution in [-0.4, -0.2) is 31.0 Å². The van der Waals surface area contributed by atoms with Crippen molar-refractivity contribution >= 4 is 5.91 Å². The molecule has 0 N–H and O–H groups in total. The Labute approximate surface area is 152 Å². The van der Waals surface area contributed by atoms with E-state index in [2.05, 4.69) is 0 Å². The van der Waals surface area contributed by atoms with Gasteiger partial charge in [0.15, 0.2) is 11.6 Å². The van der Waals surface area contributed by atoms with E-state index in [0.29, 0.717) is 19.0 Å². The van der Waals surface area contributed by atoms with E-state index < -0.39 is 5.82 Å². The maximum absolute atomic E-state index is 13.9. The normalized spacial score (nSPS) is 17.2. The predicted molar refractivity (Wildman–Crippen MR) is 96.3 cm³/mol. The summed E-state index contributed by atoms with van der Waals surface area (Å²) >= 11 is 0. The highest BCUT2D eigenvalue weighted by Crippen LogP contribution is 2.27. The van der Waals surface area contributed by atoms with Crippen LogP contribution < -0.4 is 4.74 Å². The van der Waals surface area contributed by atoms with E-state index in [1.807, 2.05) is 0 Å². The number of aryl methyl sites for hydroxylation is 1. The van der Waals surface area contributed by atoms with Crippen molar-refractivity contribution in [1.82, 2.24) is 4.90 Å². The lowest BCUT2D eigenvalue weighted by Gasteiger charge is -2.33. The van der Waals surface area contributed by atoms with Gasteiger partial charge in [-0.1, -0.05) is 18.2 Å². The molecule has 0 aliphatic carbocycles. The van der Waals surface area contributed by atoms with Crippen LogP contribution in [0.1, 0.15) is 35.2 Å². The molecule has 0 aromatic heterocycles. The Morgan fingerprint density at radius 1 is 1.19 bits per heavy atom. The van der Waals surface area contributed by atoms with Crippen LogP contribution in [0.2, 0.25) is 0 Å². The second-order valence-corrected chi connectivity index (χ2v) is 6.75. The van der Waals surface area contributed by atoms with Gasteiger partial charge in [0, 0.05) is 13.1 Å². The molecule has 0 saturated carbocycles. The van der Waals surface area contributed by atoms with Crippen molar-refractivity contribution < 1.29 is 18.3 Å². The number of rotatable bonds is 5. The monoisotopic (exact) mass is 359 g/mol. The second-order valence-electron chi connectivity index (χ2n) is 6.75. The molecular weight excluding hydrogens is 336 g/mol. The van der Waals surface area contributed by atoms with Crippen LogP contribution >= 0.6 is 0 Å². The Kier molecular flexibility index (Phi) is 5.86. The number of amides is 1. The number of para-hydroxylation sites is 1. The Morgan fingerprint density at radius 2 is 1.96 bits per heavy atom. The molecule has 26 heavy (non-hydrogen) atoms. The highest BCUT2D eigenvalue weighted by atomic mass is 19.1. The minimum absolute atomic E-state index is 0.00550. The van der Waals surface area contributed by atoms with Gasteiger partial charge in [-0.25, -0.2) is 8.78 Å². The van der Waals surface area contributed by atoms with Crippen LogP contribution in [0.3, 0.4) is 0 Å². The number of hydrogen-bond donors (Lipinski definition) is 0. The van der Waals surface area contributed by atoms with Crippen LogP contribution in [0.4, 0.5) is 8.78 Å². The maximum atomic E-state index is 13.9. The van der Waals surface area contributed by atoms with Crippen LogP contribution in [0, 0.1) is 17.6 Å². The first-order valence-electron chi connectivity index (χ1n) is 8.94. The van der Waals surface area contributed by atoms with E-state index in [9.17, 15) is 13.6 Å². The highest BCUT2D eigenvalue weighted by Gasteiger charge is 2.27. The lowest BCUT2D eigenvalue weighted by Crippen LogP contribution is -2.40. The smallest absolute Gasteiger partial charge is 0.257 e. The number of halogens is 2. The van der Waals surface area contributed by atoms with Gasteiger partial charge in [0.25, 0.3) is 5.91 Å². The molecular formula is C21H23F2NO2. The Balaban J connectivity index is 1.63. The van der Waals surface area contributed by atoms with Crippen LogP contribution in [0.15, 0.2) is 42.5 Å². The summed E-state index contributed by atoms with van der Waals surface area (Å²) in [6.07, 6.45) is 3.79. The Hall–Kier alpha value is -2.43. The SMILES string of the molecule is COc1c(F)cccc1C(=O)N1CCC[C@H](CCc2ccc(F)cc2)C1. The molecule has 0 unspecified atom stereocenters. The Bertz CT molecular complexity index is 761. The third-order valence-electron chi connectivity index (χ3n) is 4.96. The van der Waals surface area contributed by atoms with Gasteiger partial charge < -0.3 is 9.64 Å². The van der Waals surface area contributed by atoms with E-state index in [-0.39, 0.29) is 23.0 Å². The lowest BCUT2D eigenvalue weighted by atomic mass is 9.91. The third-order valence-corrected chi connectivity index (χ3v) is 4.96. The van der Waals surface area contributed by atoms with E-state index in [4.69, 9.17) is 4.74 Å². The predicted octanol–water partition coefficient (Wildman–Crippen LogP) is 4.46. The lowest BCUT2D eigenvalue weighted by molar-refractivity contribution is 0.0664. The number of methoxy groups -OCH3 is 1. The summed E-state index contributed by atoms with van der Waals surface area (Å²) in [6.45, 7) is 1.32. The quantitative estimate of drug-likeness (QED) is 0.789. The summed E-state index contributed by atoms with van der Waals surface area (Å²) in [5, 5.41) is 0. The van der Waals surface area contributed by atoms with Crippen molar-refractivity contribution in [2.75, 3.05) is 20.2 Å². The fraction of sp³-hybridized carbons (Fsp3) is 0.381. The first-order valence-corrected chi connectivity index (χ1v) is 8.94. The van der Waals surface area contributed by atoms with Gasteiger partial charge >= 0.3 is 0 Å². The summed E-state index contributed by atoms with van der Waals surface area (Å²) in [5.41, 5.74) is 1.37. The zero-order chi connectivity index (χ0) is 18.5. The average molecular weight is 359 g/mol. The molecule has 3 rings (SSSR count). The summed E-state index contributed by atoms with van der Waals surface area (Å²) in [6, 6.07) is 11.0. The second kappa shape index (κ2) is 8.30. The number of carbonyl (C=O) groups is 1. The summed E-state index contributed by atoms with van der Waals surface area (Å²) < 4.78 is 31.9. The van der Waals surface area contributed by atoms with Crippen LogP contribution in [0.5, 0.6) is 5.75 Å². The molecule has 0 radical (unpaired) electrons. The molecule has 2 aromatic rings. The third kappa shape index (κ3) is 4.21. The highest BCUT2D eigenvalue weighted by molar-refractivity contribution is 5.97. The number of carbonyl (C=O) groups excluding carboxylic acids is 1. The number of likely N-dealkylation sites (tertiary alicyclic amines) is 1. The van der Waals surface area contributed by atoms with E-state index in [1.54, 1.807) is 23.1 Å². The van der Waals surface area contributed by atoms with Gasteiger partial charge in [0.2, 0.25) is 0 Å². The molecule has 1 heterocycles. The molecule has 0 bridgehead atoms. The summed E-state index contributed by atoms with van der Waals surface area (Å²) in [5.74, 6) is -0.550. The molecule has 1 atom stereocenters. The fourth-order valence-electron chi connectivity index (χ4n) is 3.56. The maximum Gasteiger partial charge on any atom is 0.257 e. The van der Waals surface area contributed by atoms with Gasteiger partial charge in [-0.2, -0.15) is 0 Å². The zero-order valence-corrected chi connectivity index (χ0v) is 14.9. The number of piperidine rings is 1. The largest absolute Gasteiger partial charge is 0.493 e. The number of benzene rings is 2. The standard InChI is InChI=1S/C21H23F2NO2/c1-26-20-18(5-2-6-19(20)23)21(25)24-13-3-4-16(14-24)8-7-15-9-11-17(22)12-10-15/h2,5-6,9-12,16H,3-4,7-8,13-14H2,1H3/t16-/m1/s1. The fourth-order valence-corrected chi connectivity index (χ4v) is 3.56. The van der Waals surface area contributed by atoms with E-state index in [1.165, 1.54) is 31.4 Å². The van der Waals surface area contributed by atoms with Crippen LogP contribution in [0.25, 0.3) is 0 Å². The van der Waals surface area contributed by atoms with Crippen molar-refractivity contribution in [2.45, 2.75) is 25.7 Å². The number of nitrogens with zero attached hydrogens (tertiary/aromatic N) is 1. The first kappa shape index (κ1) is 18.4. The zero-order valence-electron chi connectivity index (χ0n) is 14.9. The van der Waals surface area contributed by atoms with Gasteiger partial charge in [0.1, 0.15) is 5.82 Å². The molecule has 1 amide bonds. The summed E-state index contributed by atoms with van der Waals surface area (Å²) in [7, 11) is 1.37. The first-order chi connectivity index (χ1) is 12.6. The van der Waals surface area contributed by atoms with Gasteiger partial charge in [-0.05, 0) is 61.4 Å². The van der Waals surface area contributed by atoms with Crippen molar-refractivity contribution in [3.8, 4) is 5.75 Å². The minimum Gasteiger partial charge on any atom is -0.493 e. The van der Waals surface area contributed by atoms with Gasteiger partial charge in [0.05, 0.1) is 12.7 Å². The molecule has 1 aliphatic heterocycles. The number of ether oxygens (including phenoxy) is 1. The molecule has 0 spiro atoms. The minimum atomic E-state index is -0.525. The Morgan fingerprint density at radius 3 is 2.69 bits per heavy atom. The van der Waals surface area contributed by atoms with Crippen molar-refractivity contribution in [3.63, 3.8) is 0 Å². The van der Waals surface area contributed by atoms with Gasteiger partial charge in [-0.15, -0.1) is 0 Å². The molecule has 5 heteroatoms.